The maximum absolute atomic E-state index is 12.3. The van der Waals surface area contributed by atoms with Gasteiger partial charge < -0.3 is 5.11 Å². The van der Waals surface area contributed by atoms with E-state index in [1.807, 2.05) is 6.92 Å². The molecule has 0 aliphatic rings. The van der Waals surface area contributed by atoms with Crippen molar-refractivity contribution in [2.75, 3.05) is 11.5 Å². The highest BCUT2D eigenvalue weighted by atomic mass is 32.2. The van der Waals surface area contributed by atoms with Gasteiger partial charge in [0.25, 0.3) is 0 Å². The van der Waals surface area contributed by atoms with Crippen LogP contribution in [0.2, 0.25) is 0 Å². The monoisotopic (exact) mass is 342 g/mol. The normalized spacial score (nSPS) is 11.7. The predicted molar refractivity (Wildman–Crippen MR) is 83.7 cm³/mol. The number of hydrogen-bond donors (Lipinski definition) is 1. The molecule has 9 heteroatoms. The van der Waals surface area contributed by atoms with Gasteiger partial charge in [-0.2, -0.15) is 0 Å². The molecule has 0 saturated carbocycles. The molecular formula is C13H18N4O3S2. The zero-order chi connectivity index (χ0) is 16.2. The molecule has 0 spiro atoms. The van der Waals surface area contributed by atoms with E-state index >= 15 is 0 Å². The SMILES string of the molecule is CCn1nnnc1SCCCS(=O)(=O)c1cccc(C)c1O. The van der Waals surface area contributed by atoms with Crippen LogP contribution in [0.4, 0.5) is 0 Å². The zero-order valence-corrected chi connectivity index (χ0v) is 14.1. The minimum atomic E-state index is -3.49. The van der Waals surface area contributed by atoms with E-state index in [2.05, 4.69) is 15.5 Å². The maximum Gasteiger partial charge on any atom is 0.209 e. The van der Waals surface area contributed by atoms with Gasteiger partial charge in [-0.05, 0) is 42.3 Å². The number of benzene rings is 1. The van der Waals surface area contributed by atoms with Crippen LogP contribution >= 0.6 is 11.8 Å². The molecule has 2 rings (SSSR count). The highest BCUT2D eigenvalue weighted by Crippen LogP contribution is 2.27. The van der Waals surface area contributed by atoms with Crippen LogP contribution in [-0.2, 0) is 16.4 Å². The number of aromatic hydroxyl groups is 1. The third kappa shape index (κ3) is 3.77. The fourth-order valence-electron chi connectivity index (χ4n) is 1.90. The third-order valence-electron chi connectivity index (χ3n) is 3.12. The van der Waals surface area contributed by atoms with Crippen molar-refractivity contribution < 1.29 is 13.5 Å². The van der Waals surface area contributed by atoms with E-state index in [4.69, 9.17) is 0 Å². The molecule has 22 heavy (non-hydrogen) atoms. The largest absolute Gasteiger partial charge is 0.506 e. The molecule has 7 nitrogen and oxygen atoms in total. The lowest BCUT2D eigenvalue weighted by molar-refractivity contribution is 0.454. The summed E-state index contributed by atoms with van der Waals surface area (Å²) in [6.45, 7) is 4.28. The van der Waals surface area contributed by atoms with Gasteiger partial charge in [0.05, 0.1) is 5.75 Å². The average Bonchev–Trinajstić information content (AvgIpc) is 2.94. The van der Waals surface area contributed by atoms with E-state index in [1.165, 1.54) is 17.8 Å². The Kier molecular flexibility index (Phi) is 5.41. The number of aryl methyl sites for hydroxylation is 2. The first-order chi connectivity index (χ1) is 10.5. The summed E-state index contributed by atoms with van der Waals surface area (Å²) < 4.78 is 26.2. The summed E-state index contributed by atoms with van der Waals surface area (Å²) in [4.78, 5) is -0.00380. The molecule has 1 heterocycles. The van der Waals surface area contributed by atoms with Gasteiger partial charge in [0.1, 0.15) is 10.6 Å². The summed E-state index contributed by atoms with van der Waals surface area (Å²) in [5, 5.41) is 21.8. The summed E-state index contributed by atoms with van der Waals surface area (Å²) in [6.07, 6.45) is 0.455. The lowest BCUT2D eigenvalue weighted by atomic mass is 10.2. The molecule has 0 atom stereocenters. The van der Waals surface area contributed by atoms with Gasteiger partial charge >= 0.3 is 0 Å². The molecule has 0 aliphatic carbocycles. The van der Waals surface area contributed by atoms with Gasteiger partial charge in [-0.3, -0.25) is 0 Å². The molecule has 0 unspecified atom stereocenters. The number of phenols is 1. The molecule has 0 radical (unpaired) electrons. The van der Waals surface area contributed by atoms with E-state index in [9.17, 15) is 13.5 Å². The molecule has 0 fully saturated rings. The number of nitrogens with zero attached hydrogens (tertiary/aromatic N) is 4. The molecule has 120 valence electrons. The number of tetrazole rings is 1. The second-order valence-electron chi connectivity index (χ2n) is 4.72. The number of hydrogen-bond acceptors (Lipinski definition) is 7. The van der Waals surface area contributed by atoms with Crippen LogP contribution in [-0.4, -0.2) is 45.2 Å². The van der Waals surface area contributed by atoms with Gasteiger partial charge in [-0.25, -0.2) is 13.1 Å². The summed E-state index contributed by atoms with van der Waals surface area (Å²) >= 11 is 1.42. The Balaban J connectivity index is 1.95. The standard InChI is InChI=1S/C13H18N4O3S2/c1-3-17-13(14-15-16-17)21-8-5-9-22(19,20)11-7-4-6-10(2)12(11)18/h4,6-7,18H,3,5,8-9H2,1-2H3. The molecule has 1 aromatic heterocycles. The van der Waals surface area contributed by atoms with Crippen molar-refractivity contribution in [3.05, 3.63) is 23.8 Å². The second-order valence-corrected chi connectivity index (χ2v) is 7.86. The van der Waals surface area contributed by atoms with Crippen LogP contribution in [0, 0.1) is 6.92 Å². The molecule has 0 aliphatic heterocycles. The van der Waals surface area contributed by atoms with Crippen molar-refractivity contribution in [3.8, 4) is 5.75 Å². The van der Waals surface area contributed by atoms with Crippen molar-refractivity contribution in [1.82, 2.24) is 20.2 Å². The first-order valence-corrected chi connectivity index (χ1v) is 9.49. The second kappa shape index (κ2) is 7.10. The number of para-hydroxylation sites is 1. The van der Waals surface area contributed by atoms with Crippen LogP contribution < -0.4 is 0 Å². The van der Waals surface area contributed by atoms with Gasteiger partial charge in [0.15, 0.2) is 9.84 Å². The van der Waals surface area contributed by atoms with Crippen LogP contribution in [0.25, 0.3) is 0 Å². The van der Waals surface area contributed by atoms with Crippen LogP contribution in [0.5, 0.6) is 5.75 Å². The average molecular weight is 342 g/mol. The first-order valence-electron chi connectivity index (χ1n) is 6.86. The van der Waals surface area contributed by atoms with E-state index in [0.717, 1.165) is 0 Å². The van der Waals surface area contributed by atoms with Crippen LogP contribution in [0.15, 0.2) is 28.3 Å². The molecule has 0 amide bonds. The molecule has 2 aromatic rings. The Morgan fingerprint density at radius 3 is 2.86 bits per heavy atom. The van der Waals surface area contributed by atoms with Crippen molar-refractivity contribution in [3.63, 3.8) is 0 Å². The Bertz CT molecular complexity index is 743. The van der Waals surface area contributed by atoms with Crippen LogP contribution in [0.3, 0.4) is 0 Å². The number of sulfone groups is 1. The topological polar surface area (TPSA) is 98.0 Å². The maximum atomic E-state index is 12.3. The molecular weight excluding hydrogens is 324 g/mol. The van der Waals surface area contributed by atoms with Crippen molar-refractivity contribution >= 4 is 21.6 Å². The lowest BCUT2D eigenvalue weighted by Crippen LogP contribution is -2.08. The fraction of sp³-hybridized carbons (Fsp3) is 0.462. The van der Waals surface area contributed by atoms with E-state index in [-0.39, 0.29) is 16.4 Å². The molecule has 1 aromatic carbocycles. The highest BCUT2D eigenvalue weighted by molar-refractivity contribution is 7.99. The van der Waals surface area contributed by atoms with Gasteiger partial charge in [0, 0.05) is 12.3 Å². The van der Waals surface area contributed by atoms with Crippen molar-refractivity contribution in [1.29, 1.82) is 0 Å². The van der Waals surface area contributed by atoms with E-state index in [1.54, 1.807) is 23.7 Å². The summed E-state index contributed by atoms with van der Waals surface area (Å²) in [7, 11) is -3.49. The Morgan fingerprint density at radius 1 is 1.36 bits per heavy atom. The number of rotatable bonds is 7. The predicted octanol–water partition coefficient (Wildman–Crippen LogP) is 1.66. The Morgan fingerprint density at radius 2 is 2.14 bits per heavy atom. The minimum absolute atomic E-state index is 0.00380. The summed E-state index contributed by atoms with van der Waals surface area (Å²) in [5.41, 5.74) is 0.553. The van der Waals surface area contributed by atoms with Crippen molar-refractivity contribution in [2.24, 2.45) is 0 Å². The summed E-state index contributed by atoms with van der Waals surface area (Å²) in [6, 6.07) is 4.74. The third-order valence-corrected chi connectivity index (χ3v) is 5.99. The molecule has 1 N–H and O–H groups in total. The quantitative estimate of drug-likeness (QED) is 0.603. The minimum Gasteiger partial charge on any atom is -0.506 e. The van der Waals surface area contributed by atoms with E-state index in [0.29, 0.717) is 29.4 Å². The van der Waals surface area contributed by atoms with Gasteiger partial charge in [-0.1, -0.05) is 23.9 Å². The Labute approximate surface area is 133 Å². The van der Waals surface area contributed by atoms with Gasteiger partial charge in [-0.15, -0.1) is 5.10 Å². The van der Waals surface area contributed by atoms with Crippen molar-refractivity contribution in [2.45, 2.75) is 36.9 Å². The molecule has 0 saturated heterocycles. The fourth-order valence-corrected chi connectivity index (χ4v) is 4.45. The van der Waals surface area contributed by atoms with E-state index < -0.39 is 9.84 Å². The number of aromatic nitrogens is 4. The van der Waals surface area contributed by atoms with Crippen LogP contribution in [0.1, 0.15) is 18.9 Å². The molecule has 0 bridgehead atoms. The smallest absolute Gasteiger partial charge is 0.209 e. The van der Waals surface area contributed by atoms with Gasteiger partial charge in [0.2, 0.25) is 5.16 Å². The number of phenolic OH excluding ortho intramolecular Hbond substituents is 1. The zero-order valence-electron chi connectivity index (χ0n) is 12.4. The first kappa shape index (κ1) is 16.8. The highest BCUT2D eigenvalue weighted by Gasteiger charge is 2.19. The number of thioether (sulfide) groups is 1. The summed E-state index contributed by atoms with van der Waals surface area (Å²) in [5.74, 6) is 0.404. The lowest BCUT2D eigenvalue weighted by Gasteiger charge is -2.08. The Hall–Kier alpha value is -1.61.